The Bertz CT molecular complexity index is 671. The van der Waals surface area contributed by atoms with E-state index in [0.717, 1.165) is 24.4 Å². The first-order chi connectivity index (χ1) is 10.4. The van der Waals surface area contributed by atoms with Gasteiger partial charge in [0.1, 0.15) is 12.4 Å². The second-order valence-corrected chi connectivity index (χ2v) is 5.11. The monoisotopic (exact) mass is 277 g/mol. The van der Waals surface area contributed by atoms with Crippen LogP contribution < -0.4 is 4.74 Å². The molecule has 0 saturated heterocycles. The minimum atomic E-state index is 0.607. The van der Waals surface area contributed by atoms with Crippen molar-refractivity contribution < 1.29 is 4.74 Å². The van der Waals surface area contributed by atoms with Crippen LogP contribution in [0.3, 0.4) is 0 Å². The third-order valence-corrected chi connectivity index (χ3v) is 3.59. The van der Waals surface area contributed by atoms with E-state index in [-0.39, 0.29) is 0 Å². The van der Waals surface area contributed by atoms with Crippen LogP contribution in [0.25, 0.3) is 0 Å². The SMILES string of the molecule is CC=CC1=NCCc2cc(OCc3ccccc3)ccc21. The van der Waals surface area contributed by atoms with Gasteiger partial charge in [-0.1, -0.05) is 36.4 Å². The number of hydrogen-bond donors (Lipinski definition) is 0. The van der Waals surface area contributed by atoms with E-state index in [1.165, 1.54) is 16.7 Å². The molecule has 0 spiro atoms. The van der Waals surface area contributed by atoms with Crippen LogP contribution in [0.5, 0.6) is 5.75 Å². The summed E-state index contributed by atoms with van der Waals surface area (Å²) in [6, 6.07) is 16.5. The van der Waals surface area contributed by atoms with Crippen LogP contribution in [0.2, 0.25) is 0 Å². The van der Waals surface area contributed by atoms with Gasteiger partial charge in [-0.15, -0.1) is 0 Å². The molecule has 1 aliphatic rings. The first-order valence-corrected chi connectivity index (χ1v) is 7.34. The summed E-state index contributed by atoms with van der Waals surface area (Å²) in [4.78, 5) is 4.57. The Balaban J connectivity index is 1.76. The molecular formula is C19H19NO. The Labute approximate surface area is 125 Å². The lowest BCUT2D eigenvalue weighted by Gasteiger charge is -2.16. The highest BCUT2D eigenvalue weighted by Crippen LogP contribution is 2.23. The van der Waals surface area contributed by atoms with Crippen molar-refractivity contribution in [3.63, 3.8) is 0 Å². The van der Waals surface area contributed by atoms with Crippen molar-refractivity contribution in [2.75, 3.05) is 6.54 Å². The molecule has 2 heteroatoms. The number of nitrogens with zero attached hydrogens (tertiary/aromatic N) is 1. The number of rotatable bonds is 4. The van der Waals surface area contributed by atoms with E-state index in [1.54, 1.807) is 0 Å². The summed E-state index contributed by atoms with van der Waals surface area (Å²) in [6.45, 7) is 3.48. The van der Waals surface area contributed by atoms with Gasteiger partial charge in [-0.3, -0.25) is 4.99 Å². The molecule has 2 aromatic rings. The van der Waals surface area contributed by atoms with Crippen LogP contribution in [-0.4, -0.2) is 12.3 Å². The molecule has 3 rings (SSSR count). The number of aliphatic imine (C=N–C) groups is 1. The molecule has 0 aromatic heterocycles. The second-order valence-electron chi connectivity index (χ2n) is 5.11. The fraction of sp³-hybridized carbons (Fsp3) is 0.211. The molecule has 106 valence electrons. The second kappa shape index (κ2) is 6.40. The topological polar surface area (TPSA) is 21.6 Å². The van der Waals surface area contributed by atoms with Gasteiger partial charge in [-0.05, 0) is 48.7 Å². The number of allylic oxidation sites excluding steroid dienone is 2. The lowest BCUT2D eigenvalue weighted by Crippen LogP contribution is -2.11. The van der Waals surface area contributed by atoms with Gasteiger partial charge in [0.25, 0.3) is 0 Å². The molecule has 0 fully saturated rings. The Morgan fingerprint density at radius 2 is 2.00 bits per heavy atom. The van der Waals surface area contributed by atoms with Gasteiger partial charge in [0.2, 0.25) is 0 Å². The van der Waals surface area contributed by atoms with Crippen LogP contribution >= 0.6 is 0 Å². The maximum absolute atomic E-state index is 5.90. The quantitative estimate of drug-likeness (QED) is 0.821. The van der Waals surface area contributed by atoms with E-state index in [9.17, 15) is 0 Å². The predicted molar refractivity (Wildman–Crippen MR) is 87.1 cm³/mol. The fourth-order valence-electron chi connectivity index (χ4n) is 2.54. The normalized spacial score (nSPS) is 13.9. The highest BCUT2D eigenvalue weighted by atomic mass is 16.5. The first kappa shape index (κ1) is 13.6. The molecule has 0 unspecified atom stereocenters. The molecule has 0 bridgehead atoms. The molecule has 0 N–H and O–H groups in total. The maximum atomic E-state index is 5.90. The van der Waals surface area contributed by atoms with E-state index in [2.05, 4.69) is 35.3 Å². The summed E-state index contributed by atoms with van der Waals surface area (Å²) >= 11 is 0. The van der Waals surface area contributed by atoms with E-state index in [4.69, 9.17) is 4.74 Å². The summed E-state index contributed by atoms with van der Waals surface area (Å²) in [5.74, 6) is 0.930. The summed E-state index contributed by atoms with van der Waals surface area (Å²) < 4.78 is 5.90. The Kier molecular flexibility index (Phi) is 4.15. The zero-order valence-electron chi connectivity index (χ0n) is 12.3. The summed E-state index contributed by atoms with van der Waals surface area (Å²) in [6.07, 6.45) is 5.09. The lowest BCUT2D eigenvalue weighted by atomic mass is 9.97. The van der Waals surface area contributed by atoms with E-state index < -0.39 is 0 Å². The zero-order valence-corrected chi connectivity index (χ0v) is 12.3. The van der Waals surface area contributed by atoms with Gasteiger partial charge in [-0.2, -0.15) is 0 Å². The third kappa shape index (κ3) is 3.22. The third-order valence-electron chi connectivity index (χ3n) is 3.59. The highest BCUT2D eigenvalue weighted by Gasteiger charge is 2.12. The summed E-state index contributed by atoms with van der Waals surface area (Å²) in [5, 5.41) is 0. The number of ether oxygens (including phenoxy) is 1. The summed E-state index contributed by atoms with van der Waals surface area (Å²) in [5.41, 5.74) is 4.81. The molecule has 0 saturated carbocycles. The number of fused-ring (bicyclic) bond motifs is 1. The van der Waals surface area contributed by atoms with E-state index in [1.807, 2.05) is 37.3 Å². The largest absolute Gasteiger partial charge is 0.489 e. The van der Waals surface area contributed by atoms with Gasteiger partial charge < -0.3 is 4.74 Å². The van der Waals surface area contributed by atoms with Gasteiger partial charge >= 0.3 is 0 Å². The average molecular weight is 277 g/mol. The Morgan fingerprint density at radius 3 is 2.81 bits per heavy atom. The smallest absolute Gasteiger partial charge is 0.120 e. The Morgan fingerprint density at radius 1 is 1.14 bits per heavy atom. The van der Waals surface area contributed by atoms with Gasteiger partial charge in [0.05, 0.1) is 5.71 Å². The molecule has 0 amide bonds. The van der Waals surface area contributed by atoms with Gasteiger partial charge in [-0.25, -0.2) is 0 Å². The van der Waals surface area contributed by atoms with Crippen molar-refractivity contribution in [3.05, 3.63) is 77.4 Å². The standard InChI is InChI=1S/C19H19NO/c1-2-6-19-18-10-9-17(13-16(18)11-12-20-19)21-14-15-7-4-3-5-8-15/h2-10,13H,11-12,14H2,1H3. The molecule has 2 aromatic carbocycles. The van der Waals surface area contributed by atoms with Crippen molar-refractivity contribution in [1.29, 1.82) is 0 Å². The molecule has 21 heavy (non-hydrogen) atoms. The lowest BCUT2D eigenvalue weighted by molar-refractivity contribution is 0.306. The minimum Gasteiger partial charge on any atom is -0.489 e. The Hall–Kier alpha value is -2.35. The van der Waals surface area contributed by atoms with Crippen LogP contribution in [-0.2, 0) is 13.0 Å². The zero-order chi connectivity index (χ0) is 14.5. The predicted octanol–water partition coefficient (Wildman–Crippen LogP) is 4.19. The highest BCUT2D eigenvalue weighted by molar-refractivity contribution is 6.10. The average Bonchev–Trinajstić information content (AvgIpc) is 2.54. The van der Waals surface area contributed by atoms with E-state index in [0.29, 0.717) is 6.61 Å². The van der Waals surface area contributed by atoms with Crippen LogP contribution in [0.15, 0.2) is 65.7 Å². The van der Waals surface area contributed by atoms with Crippen molar-refractivity contribution >= 4 is 5.71 Å². The molecule has 0 radical (unpaired) electrons. The van der Waals surface area contributed by atoms with Crippen LogP contribution in [0.4, 0.5) is 0 Å². The minimum absolute atomic E-state index is 0.607. The van der Waals surface area contributed by atoms with Crippen LogP contribution in [0, 0.1) is 0 Å². The van der Waals surface area contributed by atoms with Crippen molar-refractivity contribution in [2.45, 2.75) is 20.0 Å². The fourth-order valence-corrected chi connectivity index (χ4v) is 2.54. The molecule has 1 heterocycles. The van der Waals surface area contributed by atoms with Crippen molar-refractivity contribution in [2.24, 2.45) is 4.99 Å². The molecule has 0 aliphatic carbocycles. The van der Waals surface area contributed by atoms with Crippen molar-refractivity contribution in [1.82, 2.24) is 0 Å². The molecule has 1 aliphatic heterocycles. The van der Waals surface area contributed by atoms with Crippen molar-refractivity contribution in [3.8, 4) is 5.75 Å². The van der Waals surface area contributed by atoms with Crippen LogP contribution in [0.1, 0.15) is 23.6 Å². The van der Waals surface area contributed by atoms with E-state index >= 15 is 0 Å². The summed E-state index contributed by atoms with van der Waals surface area (Å²) in [7, 11) is 0. The molecular weight excluding hydrogens is 258 g/mol. The molecule has 0 atom stereocenters. The molecule has 2 nitrogen and oxygen atoms in total. The maximum Gasteiger partial charge on any atom is 0.120 e. The number of hydrogen-bond acceptors (Lipinski definition) is 2. The number of benzene rings is 2. The van der Waals surface area contributed by atoms with Gasteiger partial charge in [0, 0.05) is 12.1 Å². The first-order valence-electron chi connectivity index (χ1n) is 7.34. The van der Waals surface area contributed by atoms with Gasteiger partial charge in [0.15, 0.2) is 0 Å².